The number of carbonyl (C=O) groups excluding carboxylic acids is 2. The van der Waals surface area contributed by atoms with Gasteiger partial charge in [-0.1, -0.05) is 13.8 Å². The van der Waals surface area contributed by atoms with E-state index in [0.717, 1.165) is 0 Å². The second-order valence-electron chi connectivity index (χ2n) is 5.45. The summed E-state index contributed by atoms with van der Waals surface area (Å²) >= 11 is 4.03. The van der Waals surface area contributed by atoms with Crippen LogP contribution in [-0.2, 0) is 6.42 Å². The molecule has 0 atom stereocenters. The highest BCUT2D eigenvalue weighted by Gasteiger charge is 2.33. The second kappa shape index (κ2) is 5.28. The number of hydrogen-bond donors (Lipinski definition) is 3. The number of amides is 2. The molecule has 1 aromatic heterocycles. The van der Waals surface area contributed by atoms with Crippen LogP contribution in [0.5, 0.6) is 0 Å². The number of nitrogens with one attached hydrogen (secondary N) is 2. The molecule has 104 valence electrons. The minimum absolute atomic E-state index is 0.0857. The predicted octanol–water partition coefficient (Wildman–Crippen LogP) is 1.25. The van der Waals surface area contributed by atoms with Crippen molar-refractivity contribution in [2.24, 2.45) is 5.41 Å². The minimum atomic E-state index is -0.297. The van der Waals surface area contributed by atoms with Crippen LogP contribution in [0.1, 0.15) is 40.3 Å². The molecule has 2 amide bonds. The Kier molecular flexibility index (Phi) is 3.89. The van der Waals surface area contributed by atoms with Crippen molar-refractivity contribution in [1.29, 1.82) is 0 Å². The van der Waals surface area contributed by atoms with Crippen LogP contribution in [0.4, 0.5) is 0 Å². The molecule has 0 unspecified atom stereocenters. The van der Waals surface area contributed by atoms with Gasteiger partial charge in [0.05, 0.1) is 11.1 Å². The SMILES string of the molecule is CC1(C)CNC(=O)c2c(C(=O)NCCS)coc2C1. The molecule has 0 saturated heterocycles. The first-order chi connectivity index (χ1) is 8.94. The van der Waals surface area contributed by atoms with E-state index in [1.165, 1.54) is 6.26 Å². The summed E-state index contributed by atoms with van der Waals surface area (Å²) in [6, 6.07) is 0. The molecular weight excluding hydrogens is 264 g/mol. The van der Waals surface area contributed by atoms with Crippen LogP contribution >= 0.6 is 12.6 Å². The van der Waals surface area contributed by atoms with Crippen LogP contribution in [0.3, 0.4) is 0 Å². The van der Waals surface area contributed by atoms with E-state index in [-0.39, 0.29) is 17.2 Å². The van der Waals surface area contributed by atoms with Crippen molar-refractivity contribution in [3.63, 3.8) is 0 Å². The first kappa shape index (κ1) is 14.0. The van der Waals surface area contributed by atoms with Gasteiger partial charge in [-0.25, -0.2) is 0 Å². The molecule has 1 aliphatic heterocycles. The predicted molar refractivity (Wildman–Crippen MR) is 74.7 cm³/mol. The molecule has 2 N–H and O–H groups in total. The molecule has 6 heteroatoms. The maximum absolute atomic E-state index is 12.1. The lowest BCUT2D eigenvalue weighted by Gasteiger charge is -2.20. The smallest absolute Gasteiger partial charge is 0.255 e. The zero-order valence-electron chi connectivity index (χ0n) is 11.1. The van der Waals surface area contributed by atoms with Crippen LogP contribution in [-0.4, -0.2) is 30.7 Å². The second-order valence-corrected chi connectivity index (χ2v) is 5.90. The fraction of sp³-hybridized carbons (Fsp3) is 0.538. The van der Waals surface area contributed by atoms with E-state index < -0.39 is 0 Å². The largest absolute Gasteiger partial charge is 0.468 e. The fourth-order valence-corrected chi connectivity index (χ4v) is 2.23. The number of fused-ring (bicyclic) bond motifs is 1. The van der Waals surface area contributed by atoms with Crippen molar-refractivity contribution in [1.82, 2.24) is 10.6 Å². The van der Waals surface area contributed by atoms with E-state index in [1.54, 1.807) is 0 Å². The number of rotatable bonds is 3. The van der Waals surface area contributed by atoms with E-state index in [2.05, 4.69) is 23.3 Å². The molecule has 1 aromatic rings. The zero-order valence-corrected chi connectivity index (χ0v) is 12.0. The first-order valence-electron chi connectivity index (χ1n) is 6.22. The Morgan fingerprint density at radius 3 is 3.00 bits per heavy atom. The van der Waals surface area contributed by atoms with Crippen molar-refractivity contribution < 1.29 is 14.0 Å². The Bertz CT molecular complexity index is 508. The Hall–Kier alpha value is -1.43. The van der Waals surface area contributed by atoms with Gasteiger partial charge < -0.3 is 15.1 Å². The van der Waals surface area contributed by atoms with E-state index in [0.29, 0.717) is 42.2 Å². The van der Waals surface area contributed by atoms with Crippen molar-refractivity contribution in [3.8, 4) is 0 Å². The van der Waals surface area contributed by atoms with E-state index in [9.17, 15) is 9.59 Å². The van der Waals surface area contributed by atoms with Crippen molar-refractivity contribution >= 4 is 24.4 Å². The van der Waals surface area contributed by atoms with Gasteiger partial charge in [0, 0.05) is 25.3 Å². The Morgan fingerprint density at radius 2 is 2.32 bits per heavy atom. The molecule has 0 aliphatic carbocycles. The molecule has 0 aromatic carbocycles. The van der Waals surface area contributed by atoms with E-state index in [4.69, 9.17) is 4.42 Å². The summed E-state index contributed by atoms with van der Waals surface area (Å²) in [7, 11) is 0. The van der Waals surface area contributed by atoms with Crippen molar-refractivity contribution in [2.45, 2.75) is 20.3 Å². The Labute approximate surface area is 117 Å². The Balaban J connectivity index is 2.33. The number of hydrogen-bond acceptors (Lipinski definition) is 4. The summed E-state index contributed by atoms with van der Waals surface area (Å²) in [5.74, 6) is 0.584. The molecule has 19 heavy (non-hydrogen) atoms. The normalized spacial score (nSPS) is 17.3. The van der Waals surface area contributed by atoms with Crippen LogP contribution in [0.2, 0.25) is 0 Å². The number of furan rings is 1. The van der Waals surface area contributed by atoms with E-state index >= 15 is 0 Å². The summed E-state index contributed by atoms with van der Waals surface area (Å²) in [6.45, 7) is 5.11. The summed E-state index contributed by atoms with van der Waals surface area (Å²) in [4.78, 5) is 24.1. The average molecular weight is 282 g/mol. The topological polar surface area (TPSA) is 71.3 Å². The standard InChI is InChI=1S/C13H18N2O3S/c1-13(2)5-9-10(12(17)15-7-13)8(6-18-9)11(16)14-3-4-19/h6,19H,3-5,7H2,1-2H3,(H,14,16)(H,15,17). The summed E-state index contributed by atoms with van der Waals surface area (Å²) in [6.07, 6.45) is 1.99. The van der Waals surface area contributed by atoms with Crippen LogP contribution in [0.15, 0.2) is 10.7 Å². The first-order valence-corrected chi connectivity index (χ1v) is 6.85. The van der Waals surface area contributed by atoms with Crippen molar-refractivity contribution in [3.05, 3.63) is 23.2 Å². The lowest BCUT2D eigenvalue weighted by molar-refractivity contribution is 0.0917. The molecule has 1 aliphatic rings. The van der Waals surface area contributed by atoms with Crippen molar-refractivity contribution in [2.75, 3.05) is 18.8 Å². The van der Waals surface area contributed by atoms with Gasteiger partial charge in [-0.2, -0.15) is 12.6 Å². The molecule has 0 saturated carbocycles. The molecule has 0 bridgehead atoms. The monoisotopic (exact) mass is 282 g/mol. The van der Waals surface area contributed by atoms with Gasteiger partial charge in [0.2, 0.25) is 0 Å². The average Bonchev–Trinajstić information content (AvgIpc) is 2.71. The molecular formula is C13H18N2O3S. The van der Waals surface area contributed by atoms with E-state index in [1.807, 2.05) is 13.8 Å². The fourth-order valence-electron chi connectivity index (χ4n) is 2.11. The third kappa shape index (κ3) is 2.94. The van der Waals surface area contributed by atoms with Gasteiger partial charge in [-0.3, -0.25) is 9.59 Å². The maximum atomic E-state index is 12.1. The zero-order chi connectivity index (χ0) is 14.0. The quantitative estimate of drug-likeness (QED) is 0.731. The van der Waals surface area contributed by atoms with Gasteiger partial charge in [0.15, 0.2) is 0 Å². The summed E-state index contributed by atoms with van der Waals surface area (Å²) in [5, 5.41) is 5.53. The van der Waals surface area contributed by atoms with Gasteiger partial charge in [0.25, 0.3) is 11.8 Å². The lowest BCUT2D eigenvalue weighted by atomic mass is 9.88. The highest BCUT2D eigenvalue weighted by Crippen LogP contribution is 2.29. The highest BCUT2D eigenvalue weighted by atomic mass is 32.1. The minimum Gasteiger partial charge on any atom is -0.468 e. The van der Waals surface area contributed by atoms with Crippen LogP contribution in [0, 0.1) is 5.41 Å². The summed E-state index contributed by atoms with van der Waals surface area (Å²) in [5.41, 5.74) is 0.576. The van der Waals surface area contributed by atoms with Gasteiger partial charge >= 0.3 is 0 Å². The highest BCUT2D eigenvalue weighted by molar-refractivity contribution is 7.80. The maximum Gasteiger partial charge on any atom is 0.255 e. The van der Waals surface area contributed by atoms with Crippen LogP contribution in [0.25, 0.3) is 0 Å². The molecule has 0 fully saturated rings. The molecule has 2 heterocycles. The lowest BCUT2D eigenvalue weighted by Crippen LogP contribution is -2.33. The number of thiol groups is 1. The molecule has 0 spiro atoms. The van der Waals surface area contributed by atoms with Crippen LogP contribution < -0.4 is 10.6 Å². The van der Waals surface area contributed by atoms with Gasteiger partial charge in [-0.05, 0) is 5.41 Å². The third-order valence-electron chi connectivity index (χ3n) is 3.10. The third-order valence-corrected chi connectivity index (χ3v) is 3.33. The van der Waals surface area contributed by atoms with Gasteiger partial charge in [-0.15, -0.1) is 0 Å². The Morgan fingerprint density at radius 1 is 1.58 bits per heavy atom. The molecule has 2 rings (SSSR count). The summed E-state index contributed by atoms with van der Waals surface area (Å²) < 4.78 is 5.43. The van der Waals surface area contributed by atoms with Gasteiger partial charge in [0.1, 0.15) is 12.0 Å². The molecule has 5 nitrogen and oxygen atoms in total. The molecule has 0 radical (unpaired) electrons. The number of carbonyl (C=O) groups is 2.